The van der Waals surface area contributed by atoms with Gasteiger partial charge in [0.25, 0.3) is 0 Å². The van der Waals surface area contributed by atoms with Crippen LogP contribution in [0.2, 0.25) is 10.0 Å². The van der Waals surface area contributed by atoms with Crippen molar-refractivity contribution in [3.63, 3.8) is 0 Å². The van der Waals surface area contributed by atoms with Crippen LogP contribution in [0.15, 0.2) is 41.3 Å². The fraction of sp³-hybridized carbons (Fsp3) is 0.176. The number of carboxylic acids is 1. The molecule has 0 spiro atoms. The van der Waals surface area contributed by atoms with Crippen LogP contribution in [0.3, 0.4) is 0 Å². The molecule has 2 aromatic rings. The van der Waals surface area contributed by atoms with Crippen molar-refractivity contribution in [2.75, 3.05) is 6.61 Å². The van der Waals surface area contributed by atoms with E-state index >= 15 is 0 Å². The molecule has 1 aromatic heterocycles. The Morgan fingerprint density at radius 3 is 2.62 bits per heavy atom. The standard InChI is InChI=1S/C17H15Cl2NO3S/c1-2-23-15-8-6-11(20-14(15)7-9-16(21)22)10-24-17-12(18)4-3-5-13(17)19/h3-9H,2,10H2,1H3,(H,21,22). The third-order valence-electron chi connectivity index (χ3n) is 2.91. The van der Waals surface area contributed by atoms with Gasteiger partial charge in [-0.15, -0.1) is 11.8 Å². The first-order valence-corrected chi connectivity index (χ1v) is 8.86. The Balaban J connectivity index is 2.21. The molecule has 0 atom stereocenters. The highest BCUT2D eigenvalue weighted by molar-refractivity contribution is 7.98. The third-order valence-corrected chi connectivity index (χ3v) is 4.93. The topological polar surface area (TPSA) is 59.4 Å². The van der Waals surface area contributed by atoms with Crippen LogP contribution in [0.4, 0.5) is 0 Å². The number of carbonyl (C=O) groups is 1. The van der Waals surface area contributed by atoms with E-state index in [4.69, 9.17) is 33.0 Å². The summed E-state index contributed by atoms with van der Waals surface area (Å²) >= 11 is 13.8. The fourth-order valence-corrected chi connectivity index (χ4v) is 3.49. The van der Waals surface area contributed by atoms with Gasteiger partial charge >= 0.3 is 5.97 Å². The summed E-state index contributed by atoms with van der Waals surface area (Å²) in [7, 11) is 0. The zero-order valence-electron chi connectivity index (χ0n) is 12.8. The van der Waals surface area contributed by atoms with E-state index in [0.29, 0.717) is 33.8 Å². The molecule has 0 bridgehead atoms. The first-order chi connectivity index (χ1) is 11.5. The molecule has 1 N–H and O–H groups in total. The lowest BCUT2D eigenvalue weighted by Gasteiger charge is -2.10. The summed E-state index contributed by atoms with van der Waals surface area (Å²) < 4.78 is 5.47. The summed E-state index contributed by atoms with van der Waals surface area (Å²) in [4.78, 5) is 16.0. The van der Waals surface area contributed by atoms with Gasteiger partial charge in [0.15, 0.2) is 0 Å². The van der Waals surface area contributed by atoms with Gasteiger partial charge in [-0.2, -0.15) is 0 Å². The van der Waals surface area contributed by atoms with Gasteiger partial charge in [0, 0.05) is 16.7 Å². The van der Waals surface area contributed by atoms with Crippen LogP contribution in [0.5, 0.6) is 5.75 Å². The van der Waals surface area contributed by atoms with Crippen LogP contribution in [0.25, 0.3) is 6.08 Å². The van der Waals surface area contributed by atoms with Crippen LogP contribution in [0.1, 0.15) is 18.3 Å². The minimum atomic E-state index is -1.04. The molecule has 2 rings (SSSR count). The maximum atomic E-state index is 10.7. The minimum Gasteiger partial charge on any atom is -0.492 e. The molecule has 4 nitrogen and oxygen atoms in total. The smallest absolute Gasteiger partial charge is 0.328 e. The van der Waals surface area contributed by atoms with E-state index in [2.05, 4.69) is 4.98 Å². The Morgan fingerprint density at radius 2 is 2.00 bits per heavy atom. The van der Waals surface area contributed by atoms with Gasteiger partial charge in [0.05, 0.1) is 22.3 Å². The SMILES string of the molecule is CCOc1ccc(CSc2c(Cl)cccc2Cl)nc1C=CC(=O)O. The number of hydrogen-bond donors (Lipinski definition) is 1. The number of aromatic nitrogens is 1. The van der Waals surface area contributed by atoms with Crippen molar-refractivity contribution in [2.24, 2.45) is 0 Å². The van der Waals surface area contributed by atoms with E-state index in [1.54, 1.807) is 24.3 Å². The normalized spacial score (nSPS) is 11.0. The molecule has 0 amide bonds. The Kier molecular flexibility index (Phi) is 6.97. The Bertz CT molecular complexity index is 745. The Labute approximate surface area is 154 Å². The summed E-state index contributed by atoms with van der Waals surface area (Å²) in [6.45, 7) is 2.33. The molecule has 0 fully saturated rings. The monoisotopic (exact) mass is 383 g/mol. The molecule has 0 aliphatic rings. The summed E-state index contributed by atoms with van der Waals surface area (Å²) in [5, 5.41) is 9.96. The summed E-state index contributed by atoms with van der Waals surface area (Å²) in [5.41, 5.74) is 1.24. The highest BCUT2D eigenvalue weighted by Gasteiger charge is 2.09. The van der Waals surface area contributed by atoms with Gasteiger partial charge in [-0.1, -0.05) is 29.3 Å². The molecule has 126 valence electrons. The second-order valence-corrected chi connectivity index (χ2v) is 6.43. The highest BCUT2D eigenvalue weighted by atomic mass is 35.5. The second kappa shape index (κ2) is 8.97. The van der Waals surface area contributed by atoms with E-state index in [1.807, 2.05) is 13.0 Å². The first kappa shape index (κ1) is 18.6. The molecular weight excluding hydrogens is 369 g/mol. The number of hydrogen-bond acceptors (Lipinski definition) is 4. The maximum Gasteiger partial charge on any atom is 0.328 e. The predicted molar refractivity (Wildman–Crippen MR) is 98.1 cm³/mol. The van der Waals surface area contributed by atoms with E-state index in [-0.39, 0.29) is 0 Å². The average molecular weight is 384 g/mol. The zero-order valence-corrected chi connectivity index (χ0v) is 15.2. The first-order valence-electron chi connectivity index (χ1n) is 7.11. The van der Waals surface area contributed by atoms with Crippen molar-refractivity contribution in [2.45, 2.75) is 17.6 Å². The molecular formula is C17H15Cl2NO3S. The lowest BCUT2D eigenvalue weighted by Crippen LogP contribution is -1.99. The molecule has 0 radical (unpaired) electrons. The van der Waals surface area contributed by atoms with Crippen molar-refractivity contribution >= 4 is 47.0 Å². The molecule has 24 heavy (non-hydrogen) atoms. The summed E-state index contributed by atoms with van der Waals surface area (Å²) in [6.07, 6.45) is 2.46. The van der Waals surface area contributed by atoms with Crippen molar-refractivity contribution in [3.8, 4) is 5.75 Å². The third kappa shape index (κ3) is 5.16. The maximum absolute atomic E-state index is 10.7. The van der Waals surface area contributed by atoms with Crippen molar-refractivity contribution in [1.82, 2.24) is 4.98 Å². The Hall–Kier alpha value is -1.69. The predicted octanol–water partition coefficient (Wildman–Crippen LogP) is 5.18. The molecule has 0 aliphatic carbocycles. The number of nitrogens with zero attached hydrogens (tertiary/aromatic N) is 1. The van der Waals surface area contributed by atoms with Crippen molar-refractivity contribution < 1.29 is 14.6 Å². The van der Waals surface area contributed by atoms with Gasteiger partial charge in [-0.25, -0.2) is 9.78 Å². The number of benzene rings is 1. The van der Waals surface area contributed by atoms with Crippen LogP contribution in [-0.2, 0) is 10.5 Å². The van der Waals surface area contributed by atoms with Crippen LogP contribution < -0.4 is 4.74 Å². The van der Waals surface area contributed by atoms with Crippen LogP contribution in [-0.4, -0.2) is 22.7 Å². The molecule has 0 saturated heterocycles. The van der Waals surface area contributed by atoms with E-state index in [9.17, 15) is 4.79 Å². The van der Waals surface area contributed by atoms with E-state index in [0.717, 1.165) is 16.7 Å². The van der Waals surface area contributed by atoms with E-state index in [1.165, 1.54) is 17.8 Å². The molecule has 1 aromatic carbocycles. The molecule has 0 saturated carbocycles. The molecule has 0 aliphatic heterocycles. The number of ether oxygens (including phenoxy) is 1. The number of carboxylic acid groups (broad SMARTS) is 1. The van der Waals surface area contributed by atoms with Gasteiger partial charge in [-0.05, 0) is 37.3 Å². The van der Waals surface area contributed by atoms with Gasteiger partial charge in [0.1, 0.15) is 11.4 Å². The average Bonchev–Trinajstić information content (AvgIpc) is 2.54. The van der Waals surface area contributed by atoms with E-state index < -0.39 is 5.97 Å². The number of rotatable bonds is 7. The van der Waals surface area contributed by atoms with Crippen molar-refractivity contribution in [3.05, 3.63) is 57.8 Å². The van der Waals surface area contributed by atoms with Crippen molar-refractivity contribution in [1.29, 1.82) is 0 Å². The molecule has 0 unspecified atom stereocenters. The summed E-state index contributed by atoms with van der Waals surface area (Å²) in [5.74, 6) is 0.0467. The number of thioether (sulfide) groups is 1. The molecule has 7 heteroatoms. The van der Waals surface area contributed by atoms with Crippen LogP contribution in [0, 0.1) is 0 Å². The number of pyridine rings is 1. The number of aliphatic carboxylic acids is 1. The summed E-state index contributed by atoms with van der Waals surface area (Å²) in [6, 6.07) is 8.96. The Morgan fingerprint density at radius 1 is 1.29 bits per heavy atom. The second-order valence-electron chi connectivity index (χ2n) is 4.63. The van der Waals surface area contributed by atoms with Gasteiger partial charge in [0.2, 0.25) is 0 Å². The molecule has 1 heterocycles. The lowest BCUT2D eigenvalue weighted by molar-refractivity contribution is -0.131. The van der Waals surface area contributed by atoms with Gasteiger partial charge < -0.3 is 9.84 Å². The fourth-order valence-electron chi connectivity index (χ4n) is 1.90. The largest absolute Gasteiger partial charge is 0.492 e. The zero-order chi connectivity index (χ0) is 17.5. The van der Waals surface area contributed by atoms with Gasteiger partial charge in [-0.3, -0.25) is 0 Å². The number of halogens is 2. The van der Waals surface area contributed by atoms with Crippen LogP contribution >= 0.6 is 35.0 Å². The quantitative estimate of drug-likeness (QED) is 0.527. The highest BCUT2D eigenvalue weighted by Crippen LogP contribution is 2.35. The minimum absolute atomic E-state index is 0.471. The lowest BCUT2D eigenvalue weighted by atomic mass is 10.2.